The monoisotopic (exact) mass is 268 g/mol. The molecule has 1 N–H and O–H groups in total. The van der Waals surface area contributed by atoms with Gasteiger partial charge in [-0.15, -0.1) is 0 Å². The Morgan fingerprint density at radius 3 is 3.00 bits per heavy atom. The molecule has 1 aliphatic rings. The van der Waals surface area contributed by atoms with Gasteiger partial charge in [-0.2, -0.15) is 0 Å². The minimum atomic E-state index is -0.414. The van der Waals surface area contributed by atoms with E-state index >= 15 is 0 Å². The topological polar surface area (TPSA) is 50.8 Å². The van der Waals surface area contributed by atoms with E-state index in [4.69, 9.17) is 9.47 Å². The van der Waals surface area contributed by atoms with Crippen molar-refractivity contribution in [2.45, 2.75) is 6.04 Å². The molecule has 6 heteroatoms. The van der Waals surface area contributed by atoms with Crippen molar-refractivity contribution in [1.82, 2.24) is 5.32 Å². The van der Waals surface area contributed by atoms with E-state index in [0.717, 1.165) is 0 Å². The maximum Gasteiger partial charge on any atom is 0.246 e. The van der Waals surface area contributed by atoms with Crippen LogP contribution in [0, 0.1) is 5.82 Å². The number of nitrogens with zero attached hydrogens (tertiary/aromatic N) is 1. The van der Waals surface area contributed by atoms with E-state index in [-0.39, 0.29) is 5.91 Å². The van der Waals surface area contributed by atoms with E-state index in [1.165, 1.54) is 30.2 Å². The van der Waals surface area contributed by atoms with Gasteiger partial charge in [0, 0.05) is 19.7 Å². The lowest BCUT2D eigenvalue weighted by Crippen LogP contribution is -2.51. The molecule has 1 atom stereocenters. The highest BCUT2D eigenvalue weighted by Crippen LogP contribution is 2.28. The Labute approximate surface area is 111 Å². The number of rotatable bonds is 3. The van der Waals surface area contributed by atoms with E-state index in [1.807, 2.05) is 0 Å². The zero-order valence-electron chi connectivity index (χ0n) is 11.0. The lowest BCUT2D eigenvalue weighted by molar-refractivity contribution is -0.123. The number of carbonyl (C=O) groups excluding carboxylic acids is 1. The largest absolute Gasteiger partial charge is 0.495 e. The van der Waals surface area contributed by atoms with E-state index in [0.29, 0.717) is 31.2 Å². The Hall–Kier alpha value is -1.66. The van der Waals surface area contributed by atoms with Crippen LogP contribution in [0.1, 0.15) is 0 Å². The van der Waals surface area contributed by atoms with Gasteiger partial charge in [-0.25, -0.2) is 4.39 Å². The molecule has 1 unspecified atom stereocenters. The average Bonchev–Trinajstić information content (AvgIpc) is 2.46. The average molecular weight is 268 g/mol. The van der Waals surface area contributed by atoms with Gasteiger partial charge in [-0.1, -0.05) is 0 Å². The van der Waals surface area contributed by atoms with Crippen LogP contribution < -0.4 is 15.0 Å². The minimum Gasteiger partial charge on any atom is -0.495 e. The van der Waals surface area contributed by atoms with Crippen molar-refractivity contribution in [3.63, 3.8) is 0 Å². The number of carbonyl (C=O) groups is 1. The molecular formula is C13H17FN2O3. The SMILES string of the molecule is COc1ccc(F)cc1N(C)C(=O)C1COCCN1. The summed E-state index contributed by atoms with van der Waals surface area (Å²) in [4.78, 5) is 13.7. The summed E-state index contributed by atoms with van der Waals surface area (Å²) in [6.45, 7) is 1.54. The Morgan fingerprint density at radius 2 is 2.37 bits per heavy atom. The van der Waals surface area contributed by atoms with Crippen LogP contribution in [0.2, 0.25) is 0 Å². The van der Waals surface area contributed by atoms with Crippen LogP contribution in [0.3, 0.4) is 0 Å². The Balaban J connectivity index is 2.20. The number of halogens is 1. The second-order valence-electron chi connectivity index (χ2n) is 4.30. The molecule has 5 nitrogen and oxygen atoms in total. The molecule has 1 fully saturated rings. The number of amides is 1. The quantitative estimate of drug-likeness (QED) is 0.880. The maximum atomic E-state index is 13.3. The van der Waals surface area contributed by atoms with Gasteiger partial charge in [0.2, 0.25) is 5.91 Å². The number of hydrogen-bond donors (Lipinski definition) is 1. The zero-order chi connectivity index (χ0) is 13.8. The van der Waals surface area contributed by atoms with Crippen LogP contribution in [-0.4, -0.2) is 45.9 Å². The third kappa shape index (κ3) is 3.02. The number of ether oxygens (including phenoxy) is 2. The van der Waals surface area contributed by atoms with Crippen molar-refractivity contribution in [3.8, 4) is 5.75 Å². The molecule has 0 saturated carbocycles. The van der Waals surface area contributed by atoms with Gasteiger partial charge in [0.05, 0.1) is 26.0 Å². The molecule has 104 valence electrons. The van der Waals surface area contributed by atoms with Crippen LogP contribution >= 0.6 is 0 Å². The summed E-state index contributed by atoms with van der Waals surface area (Å²) in [5.74, 6) is -0.138. The summed E-state index contributed by atoms with van der Waals surface area (Å²) in [5.41, 5.74) is 0.403. The molecule has 2 rings (SSSR count). The fraction of sp³-hybridized carbons (Fsp3) is 0.462. The molecule has 1 aromatic carbocycles. The normalized spacial score (nSPS) is 19.0. The first-order valence-electron chi connectivity index (χ1n) is 6.05. The first-order valence-corrected chi connectivity index (χ1v) is 6.05. The summed E-state index contributed by atoms with van der Waals surface area (Å²) in [6.07, 6.45) is 0. The third-order valence-corrected chi connectivity index (χ3v) is 3.05. The molecule has 1 aliphatic heterocycles. The highest BCUT2D eigenvalue weighted by atomic mass is 19.1. The second kappa shape index (κ2) is 5.99. The van der Waals surface area contributed by atoms with Crippen molar-refractivity contribution in [1.29, 1.82) is 0 Å². The van der Waals surface area contributed by atoms with Gasteiger partial charge < -0.3 is 19.7 Å². The standard InChI is InChI=1S/C13H17FN2O3/c1-16(13(17)10-8-19-6-5-15-10)11-7-9(14)3-4-12(11)18-2/h3-4,7,10,15H,5-6,8H2,1-2H3. The Kier molecular flexibility index (Phi) is 4.34. The summed E-state index contributed by atoms with van der Waals surface area (Å²) in [6, 6.07) is 3.66. The highest BCUT2D eigenvalue weighted by molar-refractivity contribution is 5.98. The van der Waals surface area contributed by atoms with Crippen LogP contribution in [0.4, 0.5) is 10.1 Å². The summed E-state index contributed by atoms with van der Waals surface area (Å²) < 4.78 is 23.7. The van der Waals surface area contributed by atoms with Crippen molar-refractivity contribution in [2.24, 2.45) is 0 Å². The van der Waals surface area contributed by atoms with Crippen LogP contribution in [0.15, 0.2) is 18.2 Å². The van der Waals surface area contributed by atoms with Gasteiger partial charge in [0.15, 0.2) is 0 Å². The number of hydrogen-bond acceptors (Lipinski definition) is 4. The molecule has 0 spiro atoms. The number of methoxy groups -OCH3 is 1. The number of anilines is 1. The van der Waals surface area contributed by atoms with Gasteiger partial charge in [-0.05, 0) is 12.1 Å². The molecule has 0 bridgehead atoms. The van der Waals surface area contributed by atoms with E-state index in [9.17, 15) is 9.18 Å². The van der Waals surface area contributed by atoms with Gasteiger partial charge >= 0.3 is 0 Å². The fourth-order valence-corrected chi connectivity index (χ4v) is 2.00. The van der Waals surface area contributed by atoms with E-state index < -0.39 is 11.9 Å². The molecule has 1 heterocycles. The second-order valence-corrected chi connectivity index (χ2v) is 4.30. The minimum absolute atomic E-state index is 0.177. The molecule has 0 aromatic heterocycles. The Morgan fingerprint density at radius 1 is 1.58 bits per heavy atom. The molecule has 0 radical (unpaired) electrons. The summed E-state index contributed by atoms with van der Waals surface area (Å²) in [7, 11) is 3.08. The first kappa shape index (κ1) is 13.8. The Bertz CT molecular complexity index is 461. The molecular weight excluding hydrogens is 251 g/mol. The van der Waals surface area contributed by atoms with E-state index in [2.05, 4.69) is 5.32 Å². The zero-order valence-corrected chi connectivity index (χ0v) is 11.0. The van der Waals surface area contributed by atoms with Crippen molar-refractivity contribution < 1.29 is 18.7 Å². The van der Waals surface area contributed by atoms with E-state index in [1.54, 1.807) is 7.05 Å². The van der Waals surface area contributed by atoms with Gasteiger partial charge in [-0.3, -0.25) is 4.79 Å². The van der Waals surface area contributed by atoms with Gasteiger partial charge in [0.1, 0.15) is 17.6 Å². The summed E-state index contributed by atoms with van der Waals surface area (Å²) >= 11 is 0. The molecule has 1 amide bonds. The predicted molar refractivity (Wildman–Crippen MR) is 69.0 cm³/mol. The fourth-order valence-electron chi connectivity index (χ4n) is 2.00. The molecule has 1 aromatic rings. The number of likely N-dealkylation sites (N-methyl/N-ethyl adjacent to an activating group) is 1. The van der Waals surface area contributed by atoms with Crippen molar-refractivity contribution >= 4 is 11.6 Å². The maximum absolute atomic E-state index is 13.3. The lowest BCUT2D eigenvalue weighted by Gasteiger charge is -2.28. The first-order chi connectivity index (χ1) is 9.13. The smallest absolute Gasteiger partial charge is 0.246 e. The number of benzene rings is 1. The highest BCUT2D eigenvalue weighted by Gasteiger charge is 2.26. The summed E-state index contributed by atoms with van der Waals surface area (Å²) in [5, 5.41) is 3.07. The van der Waals surface area contributed by atoms with Crippen LogP contribution in [0.5, 0.6) is 5.75 Å². The number of nitrogens with one attached hydrogen (secondary N) is 1. The molecule has 19 heavy (non-hydrogen) atoms. The third-order valence-electron chi connectivity index (χ3n) is 3.05. The van der Waals surface area contributed by atoms with Crippen molar-refractivity contribution in [2.75, 3.05) is 38.8 Å². The lowest BCUT2D eigenvalue weighted by atomic mass is 10.2. The van der Waals surface area contributed by atoms with Crippen LogP contribution in [-0.2, 0) is 9.53 Å². The van der Waals surface area contributed by atoms with Crippen molar-refractivity contribution in [3.05, 3.63) is 24.0 Å². The molecule has 1 saturated heterocycles. The number of morpholine rings is 1. The molecule has 0 aliphatic carbocycles. The van der Waals surface area contributed by atoms with Crippen LogP contribution in [0.25, 0.3) is 0 Å². The predicted octanol–water partition coefficient (Wildman–Crippen LogP) is 0.785. The van der Waals surface area contributed by atoms with Gasteiger partial charge in [0.25, 0.3) is 0 Å².